The van der Waals surface area contributed by atoms with E-state index in [0.717, 1.165) is 5.56 Å². The van der Waals surface area contributed by atoms with Crippen LogP contribution in [-0.2, 0) is 11.3 Å². The number of hydrogen-bond donors (Lipinski definition) is 3. The van der Waals surface area contributed by atoms with Gasteiger partial charge in [-0.3, -0.25) is 19.4 Å². The van der Waals surface area contributed by atoms with E-state index >= 15 is 0 Å². The molecule has 3 heterocycles. The number of nitrogens with one attached hydrogen (secondary N) is 3. The predicted molar refractivity (Wildman–Crippen MR) is 132 cm³/mol. The molecule has 1 unspecified atom stereocenters. The first kappa shape index (κ1) is 23.0. The van der Waals surface area contributed by atoms with Gasteiger partial charge in [0.1, 0.15) is 17.1 Å². The summed E-state index contributed by atoms with van der Waals surface area (Å²) in [5.41, 5.74) is 3.59. The molecule has 1 aliphatic heterocycles. The van der Waals surface area contributed by atoms with Crippen molar-refractivity contribution in [3.05, 3.63) is 101 Å². The highest BCUT2D eigenvalue weighted by molar-refractivity contribution is 6.03. The van der Waals surface area contributed by atoms with E-state index in [1.807, 2.05) is 18.2 Å². The van der Waals surface area contributed by atoms with Crippen LogP contribution in [0.3, 0.4) is 0 Å². The van der Waals surface area contributed by atoms with Crippen molar-refractivity contribution in [2.75, 3.05) is 5.32 Å². The average molecular weight is 482 g/mol. The van der Waals surface area contributed by atoms with Gasteiger partial charge in [0.15, 0.2) is 0 Å². The predicted octanol–water partition coefficient (Wildman–Crippen LogP) is 3.79. The van der Waals surface area contributed by atoms with Crippen LogP contribution in [0.5, 0.6) is 0 Å². The van der Waals surface area contributed by atoms with Crippen molar-refractivity contribution < 1.29 is 18.8 Å². The Hall–Kier alpha value is -4.79. The first-order valence-corrected chi connectivity index (χ1v) is 11.4. The molecule has 0 radical (unpaired) electrons. The summed E-state index contributed by atoms with van der Waals surface area (Å²) in [7, 11) is 0. The fourth-order valence-electron chi connectivity index (χ4n) is 4.06. The second-order valence-electron chi connectivity index (χ2n) is 8.37. The van der Waals surface area contributed by atoms with Crippen LogP contribution in [0.15, 0.2) is 77.3 Å². The van der Waals surface area contributed by atoms with Gasteiger partial charge in [0.2, 0.25) is 11.8 Å². The van der Waals surface area contributed by atoms with Crippen LogP contribution in [0.2, 0.25) is 0 Å². The van der Waals surface area contributed by atoms with E-state index in [9.17, 15) is 14.4 Å². The Kier molecular flexibility index (Phi) is 6.27. The molecule has 180 valence electrons. The molecule has 1 aliphatic rings. The zero-order chi connectivity index (χ0) is 25.1. The van der Waals surface area contributed by atoms with Gasteiger partial charge in [0.25, 0.3) is 11.8 Å². The summed E-state index contributed by atoms with van der Waals surface area (Å²) in [4.78, 5) is 45.6. The molecule has 1 atom stereocenters. The normalized spacial score (nSPS) is 14.1. The van der Waals surface area contributed by atoms with Gasteiger partial charge in [0, 0.05) is 23.0 Å². The van der Waals surface area contributed by atoms with E-state index in [2.05, 4.69) is 25.9 Å². The van der Waals surface area contributed by atoms with Gasteiger partial charge in [-0.05, 0) is 48.9 Å². The number of nitrogens with zero attached hydrogens (tertiary/aromatic N) is 2. The van der Waals surface area contributed by atoms with Gasteiger partial charge >= 0.3 is 0 Å². The topological polar surface area (TPSA) is 126 Å². The van der Waals surface area contributed by atoms with E-state index in [-0.39, 0.29) is 36.7 Å². The molecule has 0 bridgehead atoms. The molecule has 0 aliphatic carbocycles. The third kappa shape index (κ3) is 4.85. The van der Waals surface area contributed by atoms with Crippen LogP contribution in [0, 0.1) is 6.92 Å². The van der Waals surface area contributed by atoms with Gasteiger partial charge in [-0.2, -0.15) is 0 Å². The first-order valence-electron chi connectivity index (χ1n) is 11.4. The van der Waals surface area contributed by atoms with Crippen molar-refractivity contribution in [1.82, 2.24) is 20.6 Å². The summed E-state index contributed by atoms with van der Waals surface area (Å²) >= 11 is 0. The Bertz CT molecular complexity index is 1450. The van der Waals surface area contributed by atoms with E-state index in [1.54, 1.807) is 61.7 Å². The molecule has 0 fully saturated rings. The lowest BCUT2D eigenvalue weighted by Gasteiger charge is -2.11. The summed E-state index contributed by atoms with van der Waals surface area (Å²) < 4.78 is 5.83. The highest BCUT2D eigenvalue weighted by Crippen LogP contribution is 2.28. The summed E-state index contributed by atoms with van der Waals surface area (Å²) in [6.07, 6.45) is 1.69. The number of oxazole rings is 1. The Morgan fingerprint density at radius 3 is 2.72 bits per heavy atom. The number of rotatable bonds is 7. The molecular weight excluding hydrogens is 458 g/mol. The number of benzene rings is 2. The second-order valence-corrected chi connectivity index (χ2v) is 8.37. The first-order chi connectivity index (χ1) is 17.5. The third-order valence-corrected chi connectivity index (χ3v) is 5.89. The largest absolute Gasteiger partial charge is 0.441 e. The number of amides is 3. The lowest BCUT2D eigenvalue weighted by atomic mass is 10.0. The Morgan fingerprint density at radius 2 is 1.89 bits per heavy atom. The maximum absolute atomic E-state index is 12.6. The minimum atomic E-state index is -0.355. The van der Waals surface area contributed by atoms with Gasteiger partial charge < -0.3 is 20.4 Å². The van der Waals surface area contributed by atoms with Gasteiger partial charge in [-0.25, -0.2) is 4.98 Å². The fraction of sp³-hybridized carbons (Fsp3) is 0.148. The van der Waals surface area contributed by atoms with Crippen molar-refractivity contribution in [3.63, 3.8) is 0 Å². The highest BCUT2D eigenvalue weighted by atomic mass is 16.4. The van der Waals surface area contributed by atoms with Crippen molar-refractivity contribution in [2.45, 2.75) is 25.9 Å². The standard InChI is InChI=1S/C27H23N5O4/c1-16-23(15-29-24(33)14-22-19-9-2-3-10-20(19)25(34)31-22)32-27(36-16)17-7-6-8-18(13-17)30-26(35)21-11-4-5-12-28-21/h2-13,22H,14-15H2,1H3,(H,29,33)(H,30,35)(H,31,34). The molecular formula is C27H23N5O4. The van der Waals surface area contributed by atoms with Crippen molar-refractivity contribution in [2.24, 2.45) is 0 Å². The summed E-state index contributed by atoms with van der Waals surface area (Å²) in [6.45, 7) is 1.96. The Balaban J connectivity index is 1.22. The number of aromatic nitrogens is 2. The molecule has 2 aromatic heterocycles. The molecule has 36 heavy (non-hydrogen) atoms. The monoisotopic (exact) mass is 481 g/mol. The maximum Gasteiger partial charge on any atom is 0.274 e. The van der Waals surface area contributed by atoms with E-state index < -0.39 is 0 Å². The molecule has 4 aromatic rings. The molecule has 0 saturated carbocycles. The number of carbonyl (C=O) groups excluding carboxylic acids is 3. The zero-order valence-electron chi connectivity index (χ0n) is 19.4. The molecule has 9 nitrogen and oxygen atoms in total. The lowest BCUT2D eigenvalue weighted by Crippen LogP contribution is -2.29. The van der Waals surface area contributed by atoms with Crippen LogP contribution in [0.1, 0.15) is 50.3 Å². The number of fused-ring (bicyclic) bond motifs is 1. The van der Waals surface area contributed by atoms with Crippen LogP contribution in [0.25, 0.3) is 11.5 Å². The van der Waals surface area contributed by atoms with Gasteiger partial charge in [-0.15, -0.1) is 0 Å². The van der Waals surface area contributed by atoms with Crippen molar-refractivity contribution in [1.29, 1.82) is 0 Å². The Labute approximate surface area is 207 Å². The van der Waals surface area contributed by atoms with E-state index in [1.165, 1.54) is 0 Å². The van der Waals surface area contributed by atoms with E-state index in [0.29, 0.717) is 39.9 Å². The average Bonchev–Trinajstić information content (AvgIpc) is 3.42. The minimum absolute atomic E-state index is 0.129. The smallest absolute Gasteiger partial charge is 0.274 e. The van der Waals surface area contributed by atoms with E-state index in [4.69, 9.17) is 4.42 Å². The molecule has 3 amide bonds. The number of pyridine rings is 1. The minimum Gasteiger partial charge on any atom is -0.441 e. The lowest BCUT2D eigenvalue weighted by molar-refractivity contribution is -0.121. The third-order valence-electron chi connectivity index (χ3n) is 5.89. The van der Waals surface area contributed by atoms with Crippen LogP contribution < -0.4 is 16.0 Å². The van der Waals surface area contributed by atoms with Crippen molar-refractivity contribution >= 4 is 23.4 Å². The molecule has 2 aromatic carbocycles. The van der Waals surface area contributed by atoms with Crippen LogP contribution in [0.4, 0.5) is 5.69 Å². The summed E-state index contributed by atoms with van der Waals surface area (Å²) in [5.74, 6) is 0.259. The zero-order valence-corrected chi connectivity index (χ0v) is 19.4. The summed E-state index contributed by atoms with van der Waals surface area (Å²) in [5, 5.41) is 8.52. The number of carbonyl (C=O) groups is 3. The van der Waals surface area contributed by atoms with Crippen LogP contribution >= 0.6 is 0 Å². The number of aryl methyl sites for hydroxylation is 1. The van der Waals surface area contributed by atoms with Gasteiger partial charge in [0.05, 0.1) is 19.0 Å². The fourth-order valence-corrected chi connectivity index (χ4v) is 4.06. The molecule has 9 heteroatoms. The van der Waals surface area contributed by atoms with Gasteiger partial charge in [-0.1, -0.05) is 30.3 Å². The number of anilines is 1. The molecule has 3 N–H and O–H groups in total. The SMILES string of the molecule is Cc1oc(-c2cccc(NC(=O)c3ccccn3)c2)nc1CNC(=O)CC1NC(=O)c2ccccc21. The molecule has 5 rings (SSSR count). The summed E-state index contributed by atoms with van der Waals surface area (Å²) in [6, 6.07) is 19.2. The maximum atomic E-state index is 12.6. The number of hydrogen-bond acceptors (Lipinski definition) is 6. The quantitative estimate of drug-likeness (QED) is 0.369. The molecule has 0 saturated heterocycles. The second kappa shape index (κ2) is 9.83. The van der Waals surface area contributed by atoms with Crippen LogP contribution in [-0.4, -0.2) is 27.7 Å². The Morgan fingerprint density at radius 1 is 1.06 bits per heavy atom. The molecule has 0 spiro atoms. The van der Waals surface area contributed by atoms with Crippen molar-refractivity contribution in [3.8, 4) is 11.5 Å². The highest BCUT2D eigenvalue weighted by Gasteiger charge is 2.29.